The zero-order valence-electron chi connectivity index (χ0n) is 9.63. The molecule has 0 radical (unpaired) electrons. The van der Waals surface area contributed by atoms with E-state index in [9.17, 15) is 15.0 Å². The molecule has 1 aliphatic heterocycles. The highest BCUT2D eigenvalue weighted by Gasteiger charge is 2.42. The molecule has 0 aromatic carbocycles. The number of hydrogen-bond acceptors (Lipinski definition) is 5. The summed E-state index contributed by atoms with van der Waals surface area (Å²) in [7, 11) is 0. The van der Waals surface area contributed by atoms with Gasteiger partial charge in [-0.3, -0.25) is 4.79 Å². The smallest absolute Gasteiger partial charge is 0.305 e. The van der Waals surface area contributed by atoms with Crippen molar-refractivity contribution in [2.75, 3.05) is 13.2 Å². The molecule has 0 saturated carbocycles. The van der Waals surface area contributed by atoms with Crippen molar-refractivity contribution in [1.82, 2.24) is 0 Å². The standard InChI is InChI=1S/C12H16O5/c1-7(15)17-12-11-8(4-13)2-3-10(11)9(5-14)6-16-12/h2,6,10-14H,3-5H2,1H3/t10-,11-,12+/m1/s1. The van der Waals surface area contributed by atoms with Gasteiger partial charge in [0.2, 0.25) is 6.29 Å². The lowest BCUT2D eigenvalue weighted by molar-refractivity contribution is -0.179. The van der Waals surface area contributed by atoms with Crippen molar-refractivity contribution in [1.29, 1.82) is 0 Å². The van der Waals surface area contributed by atoms with E-state index in [-0.39, 0.29) is 25.0 Å². The maximum atomic E-state index is 11.0. The number of allylic oxidation sites excluding steroid dienone is 1. The highest BCUT2D eigenvalue weighted by molar-refractivity contribution is 5.66. The van der Waals surface area contributed by atoms with Gasteiger partial charge in [0.15, 0.2) is 0 Å². The molecule has 1 aliphatic carbocycles. The van der Waals surface area contributed by atoms with Gasteiger partial charge < -0.3 is 19.7 Å². The van der Waals surface area contributed by atoms with Gasteiger partial charge in [-0.25, -0.2) is 0 Å². The molecule has 17 heavy (non-hydrogen) atoms. The summed E-state index contributed by atoms with van der Waals surface area (Å²) in [6.07, 6.45) is 3.41. The van der Waals surface area contributed by atoms with Crippen molar-refractivity contribution in [3.8, 4) is 0 Å². The fourth-order valence-corrected chi connectivity index (χ4v) is 2.48. The minimum atomic E-state index is -0.700. The first-order valence-corrected chi connectivity index (χ1v) is 5.59. The van der Waals surface area contributed by atoms with Crippen LogP contribution >= 0.6 is 0 Å². The minimum absolute atomic E-state index is 0.0558. The van der Waals surface area contributed by atoms with Crippen LogP contribution in [0.2, 0.25) is 0 Å². The molecular weight excluding hydrogens is 224 g/mol. The molecule has 0 saturated heterocycles. The minimum Gasteiger partial charge on any atom is -0.462 e. The van der Waals surface area contributed by atoms with Crippen LogP contribution in [0, 0.1) is 11.8 Å². The lowest BCUT2D eigenvalue weighted by atomic mass is 9.84. The summed E-state index contributed by atoms with van der Waals surface area (Å²) < 4.78 is 10.4. The quantitative estimate of drug-likeness (QED) is 0.549. The number of hydrogen-bond donors (Lipinski definition) is 2. The molecule has 1 heterocycles. The molecule has 5 nitrogen and oxygen atoms in total. The number of ether oxygens (including phenoxy) is 2. The fourth-order valence-electron chi connectivity index (χ4n) is 2.48. The Kier molecular flexibility index (Phi) is 3.49. The summed E-state index contributed by atoms with van der Waals surface area (Å²) in [5, 5.41) is 18.5. The molecule has 94 valence electrons. The summed E-state index contributed by atoms with van der Waals surface area (Å²) >= 11 is 0. The average Bonchev–Trinajstić information content (AvgIpc) is 2.73. The Balaban J connectivity index is 2.22. The third-order valence-corrected chi connectivity index (χ3v) is 3.27. The first-order valence-electron chi connectivity index (χ1n) is 5.59. The Hall–Kier alpha value is -1.33. The number of carbonyl (C=O) groups excluding carboxylic acids is 1. The van der Waals surface area contributed by atoms with E-state index in [1.165, 1.54) is 13.2 Å². The normalized spacial score (nSPS) is 31.1. The van der Waals surface area contributed by atoms with Gasteiger partial charge >= 0.3 is 5.97 Å². The van der Waals surface area contributed by atoms with Gasteiger partial charge in [0.05, 0.1) is 25.4 Å². The van der Waals surface area contributed by atoms with Crippen LogP contribution in [0.3, 0.4) is 0 Å². The van der Waals surface area contributed by atoms with Gasteiger partial charge in [-0.2, -0.15) is 0 Å². The van der Waals surface area contributed by atoms with E-state index in [0.29, 0.717) is 0 Å². The Bertz CT molecular complexity index is 371. The first-order chi connectivity index (χ1) is 8.17. The molecule has 0 bridgehead atoms. The number of aliphatic hydroxyl groups excluding tert-OH is 2. The molecule has 3 atom stereocenters. The summed E-state index contributed by atoms with van der Waals surface area (Å²) in [5.41, 5.74) is 1.58. The summed E-state index contributed by atoms with van der Waals surface area (Å²) in [5.74, 6) is -0.546. The number of aliphatic hydroxyl groups is 2. The highest BCUT2D eigenvalue weighted by Crippen LogP contribution is 2.42. The van der Waals surface area contributed by atoms with Crippen molar-refractivity contribution in [2.45, 2.75) is 19.6 Å². The predicted molar refractivity (Wildman–Crippen MR) is 58.6 cm³/mol. The van der Waals surface area contributed by atoms with Crippen LogP contribution < -0.4 is 0 Å². The number of esters is 1. The molecule has 0 unspecified atom stereocenters. The molecule has 2 aliphatic rings. The van der Waals surface area contributed by atoms with E-state index < -0.39 is 12.3 Å². The van der Waals surface area contributed by atoms with Gasteiger partial charge in [-0.05, 0) is 17.6 Å². The second-order valence-corrected chi connectivity index (χ2v) is 4.27. The van der Waals surface area contributed by atoms with Crippen LogP contribution in [0.25, 0.3) is 0 Å². The molecule has 5 heteroatoms. The predicted octanol–water partition coefficient (Wildman–Crippen LogP) is 0.337. The molecule has 0 aromatic rings. The summed E-state index contributed by atoms with van der Waals surface area (Å²) in [6, 6.07) is 0. The van der Waals surface area contributed by atoms with Gasteiger partial charge in [-0.15, -0.1) is 0 Å². The Morgan fingerprint density at radius 2 is 2.18 bits per heavy atom. The second-order valence-electron chi connectivity index (χ2n) is 4.27. The maximum absolute atomic E-state index is 11.0. The van der Waals surface area contributed by atoms with Crippen molar-refractivity contribution >= 4 is 5.97 Å². The Labute approximate surface area is 99.3 Å². The topological polar surface area (TPSA) is 76.0 Å². The van der Waals surface area contributed by atoms with Gasteiger partial charge in [0.25, 0.3) is 0 Å². The van der Waals surface area contributed by atoms with Crippen LogP contribution in [-0.4, -0.2) is 35.7 Å². The van der Waals surface area contributed by atoms with E-state index in [1.54, 1.807) is 0 Å². The number of fused-ring (bicyclic) bond motifs is 1. The molecule has 0 aromatic heterocycles. The lowest BCUT2D eigenvalue weighted by Gasteiger charge is -2.34. The third-order valence-electron chi connectivity index (χ3n) is 3.27. The summed E-state index contributed by atoms with van der Waals surface area (Å²) in [6.45, 7) is 1.16. The average molecular weight is 240 g/mol. The Morgan fingerprint density at radius 3 is 2.76 bits per heavy atom. The first kappa shape index (κ1) is 12.1. The zero-order valence-corrected chi connectivity index (χ0v) is 9.63. The van der Waals surface area contributed by atoms with Crippen LogP contribution in [0.5, 0.6) is 0 Å². The van der Waals surface area contributed by atoms with E-state index in [2.05, 4.69) is 0 Å². The van der Waals surface area contributed by atoms with Gasteiger partial charge in [0.1, 0.15) is 0 Å². The van der Waals surface area contributed by atoms with Gasteiger partial charge in [0, 0.05) is 12.8 Å². The zero-order chi connectivity index (χ0) is 12.4. The van der Waals surface area contributed by atoms with Crippen LogP contribution in [0.1, 0.15) is 13.3 Å². The third kappa shape index (κ3) is 2.21. The van der Waals surface area contributed by atoms with Gasteiger partial charge in [-0.1, -0.05) is 6.08 Å². The van der Waals surface area contributed by atoms with E-state index in [4.69, 9.17) is 9.47 Å². The number of carbonyl (C=O) groups is 1. The van der Waals surface area contributed by atoms with Crippen LogP contribution in [0.4, 0.5) is 0 Å². The molecule has 0 amide bonds. The van der Waals surface area contributed by atoms with E-state index >= 15 is 0 Å². The Morgan fingerprint density at radius 1 is 1.47 bits per heavy atom. The van der Waals surface area contributed by atoms with Crippen molar-refractivity contribution in [2.24, 2.45) is 11.8 Å². The molecule has 2 N–H and O–H groups in total. The largest absolute Gasteiger partial charge is 0.462 e. The maximum Gasteiger partial charge on any atom is 0.305 e. The van der Waals surface area contributed by atoms with Crippen LogP contribution in [-0.2, 0) is 14.3 Å². The van der Waals surface area contributed by atoms with E-state index in [0.717, 1.165) is 17.6 Å². The van der Waals surface area contributed by atoms with Crippen molar-refractivity contribution < 1.29 is 24.5 Å². The summed E-state index contributed by atoms with van der Waals surface area (Å²) in [4.78, 5) is 11.0. The fraction of sp³-hybridized carbons (Fsp3) is 0.583. The molecule has 0 fully saturated rings. The second kappa shape index (κ2) is 4.89. The van der Waals surface area contributed by atoms with Crippen LogP contribution in [0.15, 0.2) is 23.5 Å². The van der Waals surface area contributed by atoms with E-state index in [1.807, 2.05) is 6.08 Å². The highest BCUT2D eigenvalue weighted by atomic mass is 16.7. The molecule has 0 spiro atoms. The number of rotatable bonds is 3. The molecular formula is C12H16O5. The van der Waals surface area contributed by atoms with Crippen molar-refractivity contribution in [3.05, 3.63) is 23.5 Å². The SMILES string of the molecule is CC(=O)O[C@@H]1OC=C(CO)[C@H]2CC=C(CO)[C@@H]12. The monoisotopic (exact) mass is 240 g/mol. The molecule has 2 rings (SSSR count). The van der Waals surface area contributed by atoms with Crippen molar-refractivity contribution in [3.63, 3.8) is 0 Å². The lowest BCUT2D eigenvalue weighted by Crippen LogP contribution is -2.37.